The van der Waals surface area contributed by atoms with Gasteiger partial charge in [-0.1, -0.05) is 23.4 Å². The van der Waals surface area contributed by atoms with Crippen LogP contribution in [0.3, 0.4) is 0 Å². The third-order valence-corrected chi connectivity index (χ3v) is 3.24. The highest BCUT2D eigenvalue weighted by molar-refractivity contribution is 5.37. The van der Waals surface area contributed by atoms with Crippen LogP contribution >= 0.6 is 0 Å². The molecule has 1 aromatic carbocycles. The minimum Gasteiger partial charge on any atom is -0.493 e. The fourth-order valence-corrected chi connectivity index (χ4v) is 2.33. The Morgan fingerprint density at radius 2 is 2.28 bits per heavy atom. The number of para-hydroxylation sites is 1. The van der Waals surface area contributed by atoms with E-state index in [2.05, 4.69) is 16.4 Å². The summed E-state index contributed by atoms with van der Waals surface area (Å²) in [5, 5.41) is 16.9. The molecule has 0 fully saturated rings. The molecule has 1 atom stereocenters. The van der Waals surface area contributed by atoms with Crippen molar-refractivity contribution in [2.75, 3.05) is 6.61 Å². The number of benzene rings is 1. The predicted molar refractivity (Wildman–Crippen MR) is 65.2 cm³/mol. The molecule has 0 amide bonds. The number of ether oxygens (including phenoxy) is 1. The molecule has 0 aliphatic carbocycles. The molecular weight excluding hydrogens is 230 g/mol. The summed E-state index contributed by atoms with van der Waals surface area (Å²) in [6.45, 7) is 1.45. The Balaban J connectivity index is 1.81. The second-order valence-corrected chi connectivity index (χ2v) is 4.46. The molecule has 0 radical (unpaired) electrons. The summed E-state index contributed by atoms with van der Waals surface area (Å²) in [5.41, 5.74) is 1.83. The highest BCUT2D eigenvalue weighted by Crippen LogP contribution is 2.34. The highest BCUT2D eigenvalue weighted by Gasteiger charge is 2.21. The van der Waals surface area contributed by atoms with Crippen LogP contribution in [0.2, 0.25) is 0 Å². The topological polar surface area (TPSA) is 60.2 Å². The predicted octanol–water partition coefficient (Wildman–Crippen LogP) is 1.34. The maximum atomic E-state index is 8.98. The van der Waals surface area contributed by atoms with Gasteiger partial charge < -0.3 is 9.84 Å². The van der Waals surface area contributed by atoms with Crippen molar-refractivity contribution < 1.29 is 9.84 Å². The second-order valence-electron chi connectivity index (χ2n) is 4.46. The van der Waals surface area contributed by atoms with E-state index < -0.39 is 0 Å². The highest BCUT2D eigenvalue weighted by atomic mass is 16.5. The van der Waals surface area contributed by atoms with Crippen molar-refractivity contribution in [1.29, 1.82) is 0 Å². The van der Waals surface area contributed by atoms with Crippen LogP contribution in [-0.2, 0) is 13.2 Å². The summed E-state index contributed by atoms with van der Waals surface area (Å²) >= 11 is 0. The molecule has 0 saturated heterocycles. The number of hydrogen-bond donors (Lipinski definition) is 1. The largest absolute Gasteiger partial charge is 0.493 e. The minimum absolute atomic E-state index is 0.0651. The van der Waals surface area contributed by atoms with E-state index in [4.69, 9.17) is 9.84 Å². The van der Waals surface area contributed by atoms with Gasteiger partial charge in [0.25, 0.3) is 0 Å². The lowest BCUT2D eigenvalue weighted by atomic mass is 9.93. The molecule has 2 heterocycles. The van der Waals surface area contributed by atoms with Gasteiger partial charge in [-0.3, -0.25) is 4.68 Å². The molecule has 0 bridgehead atoms. The number of aliphatic hydroxyl groups excluding tert-OH is 1. The van der Waals surface area contributed by atoms with Gasteiger partial charge in [-0.15, -0.1) is 5.10 Å². The SMILES string of the molecule is OCc1cn(CC2CCOc3ccccc32)nn1. The molecule has 2 aromatic rings. The van der Waals surface area contributed by atoms with Crippen LogP contribution in [0.4, 0.5) is 0 Å². The van der Waals surface area contributed by atoms with Crippen LogP contribution in [0.5, 0.6) is 5.75 Å². The van der Waals surface area contributed by atoms with Gasteiger partial charge in [0.05, 0.1) is 19.4 Å². The van der Waals surface area contributed by atoms with E-state index in [0.717, 1.165) is 25.3 Å². The van der Waals surface area contributed by atoms with Crippen molar-refractivity contribution in [3.63, 3.8) is 0 Å². The Morgan fingerprint density at radius 3 is 3.11 bits per heavy atom. The van der Waals surface area contributed by atoms with Crippen LogP contribution in [0.25, 0.3) is 0 Å². The zero-order valence-corrected chi connectivity index (χ0v) is 9.99. The average Bonchev–Trinajstić information content (AvgIpc) is 2.87. The van der Waals surface area contributed by atoms with Crippen molar-refractivity contribution in [1.82, 2.24) is 15.0 Å². The molecule has 5 heteroatoms. The lowest BCUT2D eigenvalue weighted by Gasteiger charge is -2.25. The van der Waals surface area contributed by atoms with Gasteiger partial charge in [0.15, 0.2) is 0 Å². The first-order valence-electron chi connectivity index (χ1n) is 6.08. The zero-order chi connectivity index (χ0) is 12.4. The number of aromatic nitrogens is 3. The number of aliphatic hydroxyl groups is 1. The maximum absolute atomic E-state index is 8.98. The van der Waals surface area contributed by atoms with E-state index in [9.17, 15) is 0 Å². The van der Waals surface area contributed by atoms with Crippen LogP contribution < -0.4 is 4.74 Å². The molecule has 1 aliphatic heterocycles. The van der Waals surface area contributed by atoms with Crippen molar-refractivity contribution in [2.45, 2.75) is 25.5 Å². The van der Waals surface area contributed by atoms with Gasteiger partial charge in [-0.2, -0.15) is 0 Å². The number of rotatable bonds is 3. The zero-order valence-electron chi connectivity index (χ0n) is 9.99. The summed E-state index contributed by atoms with van der Waals surface area (Å²) in [7, 11) is 0. The Kier molecular flexibility index (Phi) is 2.98. The minimum atomic E-state index is -0.0651. The normalized spacial score (nSPS) is 18.2. The van der Waals surface area contributed by atoms with E-state index >= 15 is 0 Å². The molecule has 1 N–H and O–H groups in total. The summed E-state index contributed by atoms with van der Waals surface area (Å²) in [6.07, 6.45) is 2.77. The van der Waals surface area contributed by atoms with Crippen molar-refractivity contribution in [3.8, 4) is 5.75 Å². The molecule has 1 aromatic heterocycles. The molecule has 0 spiro atoms. The van der Waals surface area contributed by atoms with Crippen molar-refractivity contribution in [3.05, 3.63) is 41.7 Å². The van der Waals surface area contributed by atoms with Crippen molar-refractivity contribution in [2.24, 2.45) is 0 Å². The molecular formula is C13H15N3O2. The third-order valence-electron chi connectivity index (χ3n) is 3.24. The van der Waals surface area contributed by atoms with E-state index in [1.165, 1.54) is 5.56 Å². The van der Waals surface area contributed by atoms with Crippen molar-refractivity contribution >= 4 is 0 Å². The molecule has 1 aliphatic rings. The summed E-state index contributed by atoms with van der Waals surface area (Å²) < 4.78 is 7.42. The number of fused-ring (bicyclic) bond motifs is 1. The van der Waals surface area contributed by atoms with E-state index in [-0.39, 0.29) is 6.61 Å². The Labute approximate surface area is 105 Å². The monoisotopic (exact) mass is 245 g/mol. The lowest BCUT2D eigenvalue weighted by Crippen LogP contribution is -2.18. The first-order valence-corrected chi connectivity index (χ1v) is 6.08. The molecule has 0 saturated carbocycles. The molecule has 1 unspecified atom stereocenters. The van der Waals surface area contributed by atoms with Crippen LogP contribution in [0, 0.1) is 0 Å². The quantitative estimate of drug-likeness (QED) is 0.886. The molecule has 3 rings (SSSR count). The van der Waals surface area contributed by atoms with Gasteiger partial charge in [0.2, 0.25) is 0 Å². The number of nitrogens with zero attached hydrogens (tertiary/aromatic N) is 3. The van der Waals surface area contributed by atoms with Gasteiger partial charge in [0.1, 0.15) is 11.4 Å². The average molecular weight is 245 g/mol. The smallest absolute Gasteiger partial charge is 0.122 e. The fraction of sp³-hybridized carbons (Fsp3) is 0.385. The first-order chi connectivity index (χ1) is 8.86. The maximum Gasteiger partial charge on any atom is 0.122 e. The standard InChI is InChI=1S/C13H15N3O2/c17-9-11-8-16(15-14-11)7-10-5-6-18-13-4-2-1-3-12(10)13/h1-4,8,10,17H,5-7,9H2. The van der Waals surface area contributed by atoms with E-state index in [1.54, 1.807) is 10.9 Å². The molecule has 18 heavy (non-hydrogen) atoms. The Hall–Kier alpha value is -1.88. The van der Waals surface area contributed by atoms with E-state index in [0.29, 0.717) is 11.6 Å². The van der Waals surface area contributed by atoms with Crippen LogP contribution in [0.1, 0.15) is 23.6 Å². The summed E-state index contributed by atoms with van der Waals surface area (Å²) in [4.78, 5) is 0. The van der Waals surface area contributed by atoms with Gasteiger partial charge in [-0.25, -0.2) is 0 Å². The van der Waals surface area contributed by atoms with E-state index in [1.807, 2.05) is 18.2 Å². The Bertz CT molecular complexity index is 539. The van der Waals surface area contributed by atoms with Crippen LogP contribution in [-0.4, -0.2) is 26.7 Å². The number of hydrogen-bond acceptors (Lipinski definition) is 4. The molecule has 5 nitrogen and oxygen atoms in total. The second kappa shape index (κ2) is 4.78. The fourth-order valence-electron chi connectivity index (χ4n) is 2.33. The molecule has 94 valence electrons. The van der Waals surface area contributed by atoms with Gasteiger partial charge in [0, 0.05) is 12.5 Å². The Morgan fingerprint density at radius 1 is 1.39 bits per heavy atom. The van der Waals surface area contributed by atoms with Gasteiger partial charge in [-0.05, 0) is 18.1 Å². The van der Waals surface area contributed by atoms with Gasteiger partial charge >= 0.3 is 0 Å². The summed E-state index contributed by atoms with van der Waals surface area (Å²) in [6, 6.07) is 8.12. The lowest BCUT2D eigenvalue weighted by molar-refractivity contribution is 0.256. The van der Waals surface area contributed by atoms with Crippen LogP contribution in [0.15, 0.2) is 30.5 Å². The first kappa shape index (κ1) is 11.2. The summed E-state index contributed by atoms with van der Waals surface area (Å²) in [5.74, 6) is 1.36. The third kappa shape index (κ3) is 2.09.